The Labute approximate surface area is 125 Å². The van der Waals surface area contributed by atoms with Crippen LogP contribution in [-0.2, 0) is 20.7 Å². The van der Waals surface area contributed by atoms with E-state index in [0.717, 1.165) is 16.9 Å². The molecule has 0 aliphatic heterocycles. The third-order valence-corrected chi connectivity index (χ3v) is 3.40. The highest BCUT2D eigenvalue weighted by molar-refractivity contribution is 5.79. The zero-order valence-electron chi connectivity index (χ0n) is 13.3. The minimum atomic E-state index is -0.337. The quantitative estimate of drug-likeness (QED) is 0.751. The molecule has 21 heavy (non-hydrogen) atoms. The van der Waals surface area contributed by atoms with Crippen molar-refractivity contribution in [2.75, 3.05) is 27.8 Å². The Kier molecular flexibility index (Phi) is 6.21. The number of amides is 1. The summed E-state index contributed by atoms with van der Waals surface area (Å²) >= 11 is 0. The van der Waals surface area contributed by atoms with E-state index in [1.54, 1.807) is 26.0 Å². The van der Waals surface area contributed by atoms with Crippen LogP contribution in [0.5, 0.6) is 5.75 Å². The Balaban J connectivity index is 2.66. The lowest BCUT2D eigenvalue weighted by atomic mass is 10.1. The molecular weight excluding hydrogens is 270 g/mol. The summed E-state index contributed by atoms with van der Waals surface area (Å²) in [5.74, 6) is 0.0747. The monoisotopic (exact) mass is 293 g/mol. The number of likely N-dealkylation sites (N-methyl/N-ethyl adjacent to an activating group) is 1. The van der Waals surface area contributed by atoms with Crippen LogP contribution in [0, 0.1) is 12.8 Å². The van der Waals surface area contributed by atoms with E-state index < -0.39 is 0 Å². The first-order chi connectivity index (χ1) is 9.88. The van der Waals surface area contributed by atoms with Gasteiger partial charge in [-0.3, -0.25) is 9.59 Å². The normalized spacial score (nSPS) is 11.7. The van der Waals surface area contributed by atoms with Gasteiger partial charge in [0.25, 0.3) is 0 Å². The van der Waals surface area contributed by atoms with Crippen molar-refractivity contribution in [2.45, 2.75) is 20.3 Å². The van der Waals surface area contributed by atoms with Crippen LogP contribution >= 0.6 is 0 Å². The fourth-order valence-electron chi connectivity index (χ4n) is 2.07. The van der Waals surface area contributed by atoms with Crippen molar-refractivity contribution in [3.8, 4) is 5.75 Å². The highest BCUT2D eigenvalue weighted by Crippen LogP contribution is 2.19. The van der Waals surface area contributed by atoms with Crippen molar-refractivity contribution < 1.29 is 19.1 Å². The minimum Gasteiger partial charge on any atom is -0.496 e. The van der Waals surface area contributed by atoms with Crippen molar-refractivity contribution in [2.24, 2.45) is 5.92 Å². The molecule has 0 saturated heterocycles. The second kappa shape index (κ2) is 7.67. The van der Waals surface area contributed by atoms with Crippen LogP contribution in [0.25, 0.3) is 0 Å². The van der Waals surface area contributed by atoms with E-state index in [-0.39, 0.29) is 24.2 Å². The van der Waals surface area contributed by atoms with Gasteiger partial charge in [-0.1, -0.05) is 19.1 Å². The number of aryl methyl sites for hydroxylation is 1. The van der Waals surface area contributed by atoms with Gasteiger partial charge in [-0.15, -0.1) is 0 Å². The molecule has 0 bridgehead atoms. The van der Waals surface area contributed by atoms with Gasteiger partial charge in [0.15, 0.2) is 0 Å². The Morgan fingerprint density at radius 1 is 1.29 bits per heavy atom. The first-order valence-corrected chi connectivity index (χ1v) is 6.84. The van der Waals surface area contributed by atoms with Crippen LogP contribution < -0.4 is 4.74 Å². The van der Waals surface area contributed by atoms with Gasteiger partial charge in [-0.25, -0.2) is 0 Å². The Hall–Kier alpha value is -2.04. The molecular formula is C16H23NO4. The average Bonchev–Trinajstić information content (AvgIpc) is 2.47. The molecule has 1 atom stereocenters. The molecule has 5 nitrogen and oxygen atoms in total. The predicted octanol–water partition coefficient (Wildman–Crippen LogP) is 1.81. The summed E-state index contributed by atoms with van der Waals surface area (Å²) in [6.07, 6.45) is 0.279. The maximum Gasteiger partial charge on any atom is 0.310 e. The molecule has 1 unspecified atom stereocenters. The van der Waals surface area contributed by atoms with Crippen LogP contribution in [-0.4, -0.2) is 44.6 Å². The van der Waals surface area contributed by atoms with E-state index in [9.17, 15) is 9.59 Å². The van der Waals surface area contributed by atoms with Crippen molar-refractivity contribution in [1.29, 1.82) is 0 Å². The first kappa shape index (κ1) is 17.0. The zero-order valence-corrected chi connectivity index (χ0v) is 13.3. The summed E-state index contributed by atoms with van der Waals surface area (Å²) in [7, 11) is 4.64. The van der Waals surface area contributed by atoms with Crippen LogP contribution in [0.3, 0.4) is 0 Å². The van der Waals surface area contributed by atoms with E-state index in [2.05, 4.69) is 4.74 Å². The molecule has 0 spiro atoms. The summed E-state index contributed by atoms with van der Waals surface area (Å²) in [4.78, 5) is 25.1. The zero-order chi connectivity index (χ0) is 16.0. The van der Waals surface area contributed by atoms with Gasteiger partial charge in [0, 0.05) is 13.6 Å². The second-order valence-electron chi connectivity index (χ2n) is 5.18. The molecule has 1 aromatic rings. The first-order valence-electron chi connectivity index (χ1n) is 6.84. The van der Waals surface area contributed by atoms with Crippen LogP contribution in [0.2, 0.25) is 0 Å². The van der Waals surface area contributed by atoms with Crippen molar-refractivity contribution >= 4 is 11.9 Å². The molecule has 0 radical (unpaired) electrons. The average molecular weight is 293 g/mol. The summed E-state index contributed by atoms with van der Waals surface area (Å²) in [6.45, 7) is 4.04. The number of carbonyl (C=O) groups is 2. The van der Waals surface area contributed by atoms with Gasteiger partial charge in [0.2, 0.25) is 5.91 Å². The molecule has 0 heterocycles. The summed E-state index contributed by atoms with van der Waals surface area (Å²) in [5.41, 5.74) is 1.92. The molecule has 0 aliphatic rings. The maximum atomic E-state index is 12.2. The van der Waals surface area contributed by atoms with E-state index in [0.29, 0.717) is 6.54 Å². The number of rotatable bonds is 6. The summed E-state index contributed by atoms with van der Waals surface area (Å²) < 4.78 is 9.91. The Bertz CT molecular complexity index is 513. The third-order valence-electron chi connectivity index (χ3n) is 3.40. The number of hydrogen-bond acceptors (Lipinski definition) is 4. The maximum absolute atomic E-state index is 12.2. The largest absolute Gasteiger partial charge is 0.496 e. The lowest BCUT2D eigenvalue weighted by Gasteiger charge is -2.20. The Morgan fingerprint density at radius 2 is 1.95 bits per heavy atom. The number of methoxy groups -OCH3 is 2. The van der Waals surface area contributed by atoms with Crippen molar-refractivity contribution in [3.05, 3.63) is 29.3 Å². The lowest BCUT2D eigenvalue weighted by molar-refractivity contribution is -0.146. The van der Waals surface area contributed by atoms with Gasteiger partial charge in [-0.05, 0) is 24.1 Å². The molecule has 0 N–H and O–H groups in total. The van der Waals surface area contributed by atoms with Crippen LogP contribution in [0.4, 0.5) is 0 Å². The highest BCUT2D eigenvalue weighted by Gasteiger charge is 2.19. The van der Waals surface area contributed by atoms with E-state index in [1.165, 1.54) is 7.11 Å². The predicted molar refractivity (Wildman–Crippen MR) is 80.3 cm³/mol. The molecule has 0 aromatic heterocycles. The fourth-order valence-corrected chi connectivity index (χ4v) is 2.07. The number of ether oxygens (including phenoxy) is 2. The van der Waals surface area contributed by atoms with Gasteiger partial charge in [0.1, 0.15) is 5.75 Å². The van der Waals surface area contributed by atoms with Gasteiger partial charge in [0.05, 0.1) is 26.6 Å². The minimum absolute atomic E-state index is 0.0448. The number of hydrogen-bond donors (Lipinski definition) is 0. The molecule has 0 aliphatic carbocycles. The topological polar surface area (TPSA) is 55.8 Å². The highest BCUT2D eigenvalue weighted by atomic mass is 16.5. The number of benzene rings is 1. The molecule has 0 saturated carbocycles. The van der Waals surface area contributed by atoms with Crippen molar-refractivity contribution in [3.63, 3.8) is 0 Å². The standard InChI is InChI=1S/C16H23NO4/c1-11-6-7-13(8-14(11)20-4)9-15(18)17(3)10-12(2)16(19)21-5/h6-8,12H,9-10H2,1-5H3. The molecule has 1 rings (SSSR count). The van der Waals surface area contributed by atoms with Gasteiger partial charge < -0.3 is 14.4 Å². The fraction of sp³-hybridized carbons (Fsp3) is 0.500. The van der Waals surface area contributed by atoms with E-state index in [4.69, 9.17) is 4.74 Å². The summed E-state index contributed by atoms with van der Waals surface area (Å²) in [6, 6.07) is 5.71. The second-order valence-corrected chi connectivity index (χ2v) is 5.18. The number of carbonyl (C=O) groups excluding carboxylic acids is 2. The molecule has 116 valence electrons. The van der Waals surface area contributed by atoms with Crippen LogP contribution in [0.1, 0.15) is 18.1 Å². The smallest absolute Gasteiger partial charge is 0.310 e. The third kappa shape index (κ3) is 4.77. The summed E-state index contributed by atoms with van der Waals surface area (Å²) in [5, 5.41) is 0. The molecule has 5 heteroatoms. The molecule has 0 fully saturated rings. The van der Waals surface area contributed by atoms with E-state index in [1.807, 2.05) is 25.1 Å². The van der Waals surface area contributed by atoms with Crippen molar-refractivity contribution in [1.82, 2.24) is 4.90 Å². The van der Waals surface area contributed by atoms with Gasteiger partial charge >= 0.3 is 5.97 Å². The lowest BCUT2D eigenvalue weighted by Crippen LogP contribution is -2.35. The number of nitrogens with zero attached hydrogens (tertiary/aromatic N) is 1. The molecule has 1 aromatic carbocycles. The van der Waals surface area contributed by atoms with Crippen LogP contribution in [0.15, 0.2) is 18.2 Å². The Morgan fingerprint density at radius 3 is 2.52 bits per heavy atom. The van der Waals surface area contributed by atoms with Gasteiger partial charge in [-0.2, -0.15) is 0 Å². The van der Waals surface area contributed by atoms with E-state index >= 15 is 0 Å². The molecule has 1 amide bonds. The SMILES string of the molecule is COC(=O)C(C)CN(C)C(=O)Cc1ccc(C)c(OC)c1. The number of esters is 1.